The number of aryl methyl sites for hydroxylation is 1. The Morgan fingerprint density at radius 1 is 1.10 bits per heavy atom. The topological polar surface area (TPSA) is 188 Å². The molecule has 2 amide bonds. The summed E-state index contributed by atoms with van der Waals surface area (Å²) < 4.78 is 35.4. The summed E-state index contributed by atoms with van der Waals surface area (Å²) in [7, 11) is -4.03. The van der Waals surface area contributed by atoms with Crippen LogP contribution in [0.4, 0.5) is 16.5 Å². The summed E-state index contributed by atoms with van der Waals surface area (Å²) in [5.41, 5.74) is 0.836. The number of nitro groups is 1. The van der Waals surface area contributed by atoms with Crippen LogP contribution in [0.1, 0.15) is 26.5 Å². The van der Waals surface area contributed by atoms with Crippen molar-refractivity contribution in [2.75, 3.05) is 17.2 Å². The highest BCUT2D eigenvalue weighted by Gasteiger charge is 2.23. The average molecular weight is 571 g/mol. The second-order valence-electron chi connectivity index (χ2n) is 7.82. The van der Waals surface area contributed by atoms with Crippen LogP contribution in [0.5, 0.6) is 0 Å². The molecule has 0 saturated carbocycles. The molecular weight excluding hydrogens is 552 g/mol. The van der Waals surface area contributed by atoms with Crippen molar-refractivity contribution in [1.29, 1.82) is 0 Å². The lowest BCUT2D eigenvalue weighted by atomic mass is 10.1. The molecule has 0 spiro atoms. The summed E-state index contributed by atoms with van der Waals surface area (Å²) in [5, 5.41) is 15.7. The Kier molecular flexibility index (Phi) is 7.83. The van der Waals surface area contributed by atoms with E-state index < -0.39 is 39.2 Å². The third-order valence-electron chi connectivity index (χ3n) is 5.15. The molecule has 39 heavy (non-hydrogen) atoms. The molecule has 0 fully saturated rings. The van der Waals surface area contributed by atoms with Gasteiger partial charge in [-0.05, 0) is 48.9 Å². The summed E-state index contributed by atoms with van der Waals surface area (Å²) in [6.07, 6.45) is 2.39. The number of ether oxygens (including phenoxy) is 1. The van der Waals surface area contributed by atoms with Gasteiger partial charge in [0, 0.05) is 17.8 Å². The molecule has 4 rings (SSSR count). The molecular formula is C24H18N4O9S2. The van der Waals surface area contributed by atoms with Gasteiger partial charge in [0.2, 0.25) is 9.84 Å². The van der Waals surface area contributed by atoms with Gasteiger partial charge in [0.05, 0.1) is 27.8 Å². The second kappa shape index (κ2) is 11.2. The number of furan rings is 1. The molecule has 200 valence electrons. The molecule has 0 aliphatic rings. The number of nitro benzene ring substituents is 1. The van der Waals surface area contributed by atoms with Crippen molar-refractivity contribution in [1.82, 2.24) is 4.98 Å². The molecule has 0 unspecified atom stereocenters. The smallest absolute Gasteiger partial charge is 0.338 e. The zero-order chi connectivity index (χ0) is 28.2. The number of rotatable bonds is 9. The van der Waals surface area contributed by atoms with Gasteiger partial charge in [0.25, 0.3) is 17.5 Å². The molecule has 4 aromatic rings. The molecule has 2 heterocycles. The lowest BCUT2D eigenvalue weighted by Gasteiger charge is -2.10. The molecule has 0 aliphatic carbocycles. The number of nitrogens with zero attached hydrogens (tertiary/aromatic N) is 2. The fourth-order valence-corrected chi connectivity index (χ4v) is 5.60. The van der Waals surface area contributed by atoms with E-state index in [0.717, 1.165) is 30.5 Å². The van der Waals surface area contributed by atoms with E-state index in [1.165, 1.54) is 24.5 Å². The zero-order valence-corrected chi connectivity index (χ0v) is 21.6. The first-order valence-corrected chi connectivity index (χ1v) is 13.2. The SMILES string of the molecule is Cc1ccc(C(=O)OCC(=O)Nc2ncc(S(=O)(=O)c3ccc([N+](=O)[O-])cc3)s2)cc1NC(=O)c1ccco1. The molecule has 0 bridgehead atoms. The Labute approximate surface area is 224 Å². The number of nitrogens with one attached hydrogen (secondary N) is 2. The first-order valence-electron chi connectivity index (χ1n) is 10.9. The number of thiazole rings is 1. The monoisotopic (exact) mass is 570 g/mol. The highest BCUT2D eigenvalue weighted by Crippen LogP contribution is 2.29. The van der Waals surface area contributed by atoms with Crippen molar-refractivity contribution in [2.24, 2.45) is 0 Å². The number of aromatic nitrogens is 1. The predicted octanol–water partition coefficient (Wildman–Crippen LogP) is 3.83. The number of benzene rings is 2. The fourth-order valence-electron chi connectivity index (χ4n) is 3.15. The van der Waals surface area contributed by atoms with Crippen molar-refractivity contribution in [3.63, 3.8) is 0 Å². The minimum atomic E-state index is -4.03. The van der Waals surface area contributed by atoms with Gasteiger partial charge in [-0.3, -0.25) is 25.0 Å². The zero-order valence-electron chi connectivity index (χ0n) is 19.9. The largest absolute Gasteiger partial charge is 0.459 e. The molecule has 15 heteroatoms. The van der Waals surface area contributed by atoms with Crippen LogP contribution >= 0.6 is 11.3 Å². The van der Waals surface area contributed by atoms with Crippen LogP contribution < -0.4 is 10.6 Å². The molecule has 2 aromatic carbocycles. The van der Waals surface area contributed by atoms with Gasteiger partial charge < -0.3 is 14.5 Å². The average Bonchev–Trinajstić information content (AvgIpc) is 3.62. The summed E-state index contributed by atoms with van der Waals surface area (Å²) >= 11 is 0.659. The molecule has 13 nitrogen and oxygen atoms in total. The normalized spacial score (nSPS) is 11.0. The van der Waals surface area contributed by atoms with Crippen molar-refractivity contribution in [3.8, 4) is 0 Å². The van der Waals surface area contributed by atoms with Crippen LogP contribution in [-0.4, -0.2) is 42.7 Å². The molecule has 0 radical (unpaired) electrons. The standard InChI is InChI=1S/C24H18N4O9S2/c1-14-4-5-15(11-18(14)26-22(30)19-3-2-10-36-19)23(31)37-13-20(29)27-24-25-12-21(38-24)39(34,35)17-8-6-16(7-9-17)28(32)33/h2-12H,13H2,1H3,(H,26,30)(H,25,27,29). The van der Waals surface area contributed by atoms with Crippen LogP contribution in [0.15, 0.2) is 80.6 Å². The Bertz CT molecular complexity index is 1660. The van der Waals surface area contributed by atoms with Crippen LogP contribution in [-0.2, 0) is 19.4 Å². The van der Waals surface area contributed by atoms with Crippen LogP contribution in [0.2, 0.25) is 0 Å². The van der Waals surface area contributed by atoms with Gasteiger partial charge >= 0.3 is 5.97 Å². The van der Waals surface area contributed by atoms with Crippen molar-refractivity contribution >= 4 is 55.5 Å². The fraction of sp³-hybridized carbons (Fsp3) is 0.0833. The van der Waals surface area contributed by atoms with Crippen LogP contribution in [0, 0.1) is 17.0 Å². The van der Waals surface area contributed by atoms with Crippen molar-refractivity contribution < 1.29 is 36.9 Å². The minimum Gasteiger partial charge on any atom is -0.459 e. The number of hydrogen-bond donors (Lipinski definition) is 2. The summed E-state index contributed by atoms with van der Waals surface area (Å²) in [6, 6.07) is 11.8. The Morgan fingerprint density at radius 2 is 1.85 bits per heavy atom. The minimum absolute atomic E-state index is 0.0604. The number of carbonyl (C=O) groups excluding carboxylic acids is 3. The number of hydrogen-bond acceptors (Lipinski definition) is 11. The van der Waals surface area contributed by atoms with E-state index in [2.05, 4.69) is 15.6 Å². The van der Waals surface area contributed by atoms with E-state index >= 15 is 0 Å². The summed E-state index contributed by atoms with van der Waals surface area (Å²) in [5.74, 6) is -2.02. The van der Waals surface area contributed by atoms with E-state index in [9.17, 15) is 32.9 Å². The molecule has 0 aliphatic heterocycles. The first-order chi connectivity index (χ1) is 18.5. The van der Waals surface area contributed by atoms with Gasteiger partial charge in [-0.25, -0.2) is 18.2 Å². The third-order valence-corrected chi connectivity index (χ3v) is 8.30. The lowest BCUT2D eigenvalue weighted by molar-refractivity contribution is -0.384. The van der Waals surface area contributed by atoms with E-state index in [0.29, 0.717) is 22.6 Å². The van der Waals surface area contributed by atoms with Crippen LogP contribution in [0.3, 0.4) is 0 Å². The van der Waals surface area contributed by atoms with Gasteiger partial charge in [-0.2, -0.15) is 0 Å². The predicted molar refractivity (Wildman–Crippen MR) is 137 cm³/mol. The van der Waals surface area contributed by atoms with Gasteiger partial charge in [-0.15, -0.1) is 0 Å². The van der Waals surface area contributed by atoms with Gasteiger partial charge in [-0.1, -0.05) is 17.4 Å². The van der Waals surface area contributed by atoms with E-state index in [-0.39, 0.29) is 31.2 Å². The second-order valence-corrected chi connectivity index (χ2v) is 11.0. The molecule has 0 saturated heterocycles. The molecule has 2 N–H and O–H groups in total. The van der Waals surface area contributed by atoms with Crippen LogP contribution in [0.25, 0.3) is 0 Å². The number of esters is 1. The third kappa shape index (κ3) is 6.34. The number of anilines is 2. The van der Waals surface area contributed by atoms with Crippen molar-refractivity contribution in [2.45, 2.75) is 16.0 Å². The first kappa shape index (κ1) is 27.2. The number of sulfone groups is 1. The Morgan fingerprint density at radius 3 is 2.51 bits per heavy atom. The summed E-state index contributed by atoms with van der Waals surface area (Å²) in [6.45, 7) is 1.04. The maximum absolute atomic E-state index is 12.8. The highest BCUT2D eigenvalue weighted by atomic mass is 32.2. The van der Waals surface area contributed by atoms with E-state index in [1.807, 2.05) is 0 Å². The highest BCUT2D eigenvalue weighted by molar-refractivity contribution is 7.93. The van der Waals surface area contributed by atoms with Crippen molar-refractivity contribution in [3.05, 3.63) is 94.1 Å². The van der Waals surface area contributed by atoms with E-state index in [1.54, 1.807) is 19.1 Å². The number of amides is 2. The van der Waals surface area contributed by atoms with E-state index in [4.69, 9.17) is 9.15 Å². The number of non-ortho nitro benzene ring substituents is 1. The molecule has 2 aromatic heterocycles. The van der Waals surface area contributed by atoms with Gasteiger partial charge in [0.1, 0.15) is 4.21 Å². The lowest BCUT2D eigenvalue weighted by Crippen LogP contribution is -2.21. The maximum atomic E-state index is 12.8. The number of carbonyl (C=O) groups is 3. The Hall–Kier alpha value is -4.89. The summed E-state index contributed by atoms with van der Waals surface area (Å²) in [4.78, 5) is 50.8. The Balaban J connectivity index is 1.35. The quantitative estimate of drug-likeness (QED) is 0.170. The molecule has 0 atom stereocenters. The van der Waals surface area contributed by atoms with Gasteiger partial charge in [0.15, 0.2) is 17.5 Å². The maximum Gasteiger partial charge on any atom is 0.338 e.